The van der Waals surface area contributed by atoms with Crippen molar-refractivity contribution in [3.8, 4) is 11.5 Å². The fourth-order valence-electron chi connectivity index (χ4n) is 2.03. The highest BCUT2D eigenvalue weighted by molar-refractivity contribution is 9.10. The monoisotopic (exact) mass is 334 g/mol. The summed E-state index contributed by atoms with van der Waals surface area (Å²) in [5.41, 5.74) is 2.04. The third kappa shape index (κ3) is 3.41. The van der Waals surface area contributed by atoms with Crippen LogP contribution in [-0.4, -0.2) is 5.11 Å². The van der Waals surface area contributed by atoms with Gasteiger partial charge in [-0.2, -0.15) is 0 Å². The Balaban J connectivity index is 2.31. The van der Waals surface area contributed by atoms with Crippen molar-refractivity contribution in [2.24, 2.45) is 0 Å². The summed E-state index contributed by atoms with van der Waals surface area (Å²) >= 11 is 3.50. The van der Waals surface area contributed by atoms with Gasteiger partial charge in [-0.05, 0) is 58.1 Å². The molecule has 1 atom stereocenters. The average molecular weight is 335 g/mol. The molecule has 2 aromatic carbocycles. The zero-order valence-electron chi connectivity index (χ0n) is 11.9. The fourth-order valence-corrected chi connectivity index (χ4v) is 2.51. The van der Waals surface area contributed by atoms with Gasteiger partial charge in [-0.1, -0.05) is 38.1 Å². The second-order valence-electron chi connectivity index (χ2n) is 5.16. The molecule has 106 valence electrons. The molecule has 2 aromatic rings. The first-order chi connectivity index (χ1) is 9.49. The first-order valence-electron chi connectivity index (χ1n) is 6.73. The summed E-state index contributed by atoms with van der Waals surface area (Å²) in [6.07, 6.45) is -0.483. The lowest BCUT2D eigenvalue weighted by molar-refractivity contribution is 0.199. The van der Waals surface area contributed by atoms with Gasteiger partial charge in [-0.3, -0.25) is 0 Å². The molecule has 0 aliphatic heterocycles. The third-order valence-corrected chi connectivity index (χ3v) is 3.82. The Labute approximate surface area is 128 Å². The molecular weight excluding hydrogens is 316 g/mol. The Hall–Kier alpha value is -1.32. The number of benzene rings is 2. The molecule has 20 heavy (non-hydrogen) atoms. The molecule has 2 rings (SSSR count). The van der Waals surface area contributed by atoms with Crippen molar-refractivity contribution in [3.63, 3.8) is 0 Å². The second kappa shape index (κ2) is 6.42. The summed E-state index contributed by atoms with van der Waals surface area (Å²) in [7, 11) is 0. The zero-order valence-corrected chi connectivity index (χ0v) is 13.5. The van der Waals surface area contributed by atoms with Gasteiger partial charge in [0.05, 0.1) is 10.6 Å². The van der Waals surface area contributed by atoms with E-state index in [4.69, 9.17) is 4.74 Å². The molecule has 0 unspecified atom stereocenters. The van der Waals surface area contributed by atoms with E-state index in [1.165, 1.54) is 5.56 Å². The molecule has 0 fully saturated rings. The van der Waals surface area contributed by atoms with E-state index < -0.39 is 6.10 Å². The molecule has 0 aliphatic carbocycles. The number of ether oxygens (including phenoxy) is 1. The molecular formula is C17H19BrO2. The Morgan fingerprint density at radius 2 is 1.70 bits per heavy atom. The predicted molar refractivity (Wildman–Crippen MR) is 85.4 cm³/mol. The highest BCUT2D eigenvalue weighted by Crippen LogP contribution is 2.35. The lowest BCUT2D eigenvalue weighted by Crippen LogP contribution is -1.95. The zero-order chi connectivity index (χ0) is 14.7. The Bertz CT molecular complexity index is 591. The number of rotatable bonds is 4. The van der Waals surface area contributed by atoms with Crippen LogP contribution in [0.3, 0.4) is 0 Å². The molecule has 0 aliphatic rings. The van der Waals surface area contributed by atoms with Crippen LogP contribution in [0.4, 0.5) is 0 Å². The maximum absolute atomic E-state index is 9.58. The molecule has 0 amide bonds. The van der Waals surface area contributed by atoms with Crippen molar-refractivity contribution in [1.29, 1.82) is 0 Å². The highest BCUT2D eigenvalue weighted by atomic mass is 79.9. The van der Waals surface area contributed by atoms with E-state index in [-0.39, 0.29) is 0 Å². The van der Waals surface area contributed by atoms with Gasteiger partial charge in [0.25, 0.3) is 0 Å². The van der Waals surface area contributed by atoms with Gasteiger partial charge in [-0.25, -0.2) is 0 Å². The average Bonchev–Trinajstić information content (AvgIpc) is 2.41. The first kappa shape index (κ1) is 15.1. The van der Waals surface area contributed by atoms with E-state index in [0.717, 1.165) is 21.5 Å². The molecule has 1 N–H and O–H groups in total. The summed E-state index contributed by atoms with van der Waals surface area (Å²) < 4.78 is 6.85. The van der Waals surface area contributed by atoms with Crippen LogP contribution in [0, 0.1) is 0 Å². The largest absolute Gasteiger partial charge is 0.456 e. The molecule has 0 heterocycles. The fraction of sp³-hybridized carbons (Fsp3) is 0.294. The van der Waals surface area contributed by atoms with Gasteiger partial charge in [0, 0.05) is 0 Å². The second-order valence-corrected chi connectivity index (χ2v) is 6.01. The summed E-state index contributed by atoms with van der Waals surface area (Å²) in [6.45, 7) is 6.04. The highest BCUT2D eigenvalue weighted by Gasteiger charge is 2.11. The maximum Gasteiger partial charge on any atom is 0.141 e. The molecule has 0 aromatic heterocycles. The lowest BCUT2D eigenvalue weighted by Gasteiger charge is -2.15. The smallest absolute Gasteiger partial charge is 0.141 e. The van der Waals surface area contributed by atoms with Crippen LogP contribution in [0.25, 0.3) is 0 Å². The summed E-state index contributed by atoms with van der Waals surface area (Å²) in [5.74, 6) is 2.03. The van der Waals surface area contributed by atoms with Crippen molar-refractivity contribution in [2.45, 2.75) is 32.8 Å². The summed E-state index contributed by atoms with van der Waals surface area (Å²) in [5, 5.41) is 9.58. The van der Waals surface area contributed by atoms with Crippen molar-refractivity contribution in [3.05, 3.63) is 58.1 Å². The SMILES string of the molecule is CC(C)c1ccccc1Oc1ccc([C@@H](C)O)cc1Br. The van der Waals surface area contributed by atoms with Crippen LogP contribution < -0.4 is 4.74 Å². The van der Waals surface area contributed by atoms with Gasteiger partial charge >= 0.3 is 0 Å². The Kier molecular flexibility index (Phi) is 4.84. The normalized spacial score (nSPS) is 12.5. The van der Waals surface area contributed by atoms with Crippen molar-refractivity contribution < 1.29 is 9.84 Å². The quantitative estimate of drug-likeness (QED) is 0.809. The van der Waals surface area contributed by atoms with E-state index in [2.05, 4.69) is 35.8 Å². The molecule has 3 heteroatoms. The van der Waals surface area contributed by atoms with E-state index in [1.807, 2.05) is 36.4 Å². The molecule has 0 spiro atoms. The Morgan fingerprint density at radius 3 is 2.30 bits per heavy atom. The summed E-state index contributed by atoms with van der Waals surface area (Å²) in [4.78, 5) is 0. The molecule has 0 bridgehead atoms. The van der Waals surface area contributed by atoms with Gasteiger partial charge in [0.15, 0.2) is 0 Å². The van der Waals surface area contributed by atoms with E-state index in [0.29, 0.717) is 5.92 Å². The maximum atomic E-state index is 9.58. The van der Waals surface area contributed by atoms with E-state index in [9.17, 15) is 5.11 Å². The minimum atomic E-state index is -0.483. The summed E-state index contributed by atoms with van der Waals surface area (Å²) in [6, 6.07) is 13.7. The molecule has 0 saturated heterocycles. The topological polar surface area (TPSA) is 29.5 Å². The van der Waals surface area contributed by atoms with Gasteiger partial charge < -0.3 is 9.84 Å². The minimum Gasteiger partial charge on any atom is -0.456 e. The minimum absolute atomic E-state index is 0.404. The third-order valence-electron chi connectivity index (χ3n) is 3.20. The first-order valence-corrected chi connectivity index (χ1v) is 7.52. The van der Waals surface area contributed by atoms with Crippen molar-refractivity contribution in [2.75, 3.05) is 0 Å². The number of hydrogen-bond acceptors (Lipinski definition) is 2. The van der Waals surface area contributed by atoms with Crippen LogP contribution in [-0.2, 0) is 0 Å². The number of halogens is 1. The van der Waals surface area contributed by atoms with Crippen LogP contribution in [0.2, 0.25) is 0 Å². The molecule has 2 nitrogen and oxygen atoms in total. The predicted octanol–water partition coefficient (Wildman–Crippen LogP) is 5.42. The lowest BCUT2D eigenvalue weighted by atomic mass is 10.0. The number of aliphatic hydroxyl groups excluding tert-OH is 1. The van der Waals surface area contributed by atoms with Gasteiger partial charge in [0.2, 0.25) is 0 Å². The van der Waals surface area contributed by atoms with Crippen LogP contribution in [0.15, 0.2) is 46.9 Å². The van der Waals surface area contributed by atoms with E-state index >= 15 is 0 Å². The number of para-hydroxylation sites is 1. The number of hydrogen-bond donors (Lipinski definition) is 1. The molecule has 0 saturated carbocycles. The van der Waals surface area contributed by atoms with Crippen LogP contribution >= 0.6 is 15.9 Å². The molecule has 0 radical (unpaired) electrons. The Morgan fingerprint density at radius 1 is 1.00 bits per heavy atom. The van der Waals surface area contributed by atoms with Crippen LogP contribution in [0.5, 0.6) is 11.5 Å². The van der Waals surface area contributed by atoms with Gasteiger partial charge in [0.1, 0.15) is 11.5 Å². The van der Waals surface area contributed by atoms with Crippen LogP contribution in [0.1, 0.15) is 43.9 Å². The van der Waals surface area contributed by atoms with Gasteiger partial charge in [-0.15, -0.1) is 0 Å². The van der Waals surface area contributed by atoms with Crippen molar-refractivity contribution in [1.82, 2.24) is 0 Å². The standard InChI is InChI=1S/C17H19BrO2/c1-11(2)14-6-4-5-7-16(14)20-17-9-8-13(12(3)19)10-15(17)18/h4-12,19H,1-3H3/t12-/m1/s1. The van der Waals surface area contributed by atoms with Crippen molar-refractivity contribution >= 4 is 15.9 Å². The van der Waals surface area contributed by atoms with E-state index in [1.54, 1.807) is 6.92 Å². The number of aliphatic hydroxyl groups is 1.